The lowest BCUT2D eigenvalue weighted by Crippen LogP contribution is -2.27. The number of halogens is 2. The Hall–Kier alpha value is -1.36. The summed E-state index contributed by atoms with van der Waals surface area (Å²) in [5, 5.41) is 5.86. The molecular weight excluding hydrogens is 245 g/mol. The summed E-state index contributed by atoms with van der Waals surface area (Å²) >= 11 is 5.57. The van der Waals surface area contributed by atoms with Gasteiger partial charge in [-0.05, 0) is 18.9 Å². The number of nitrogens with zero attached hydrogens (tertiary/aromatic N) is 1. The van der Waals surface area contributed by atoms with Crippen molar-refractivity contribution in [1.29, 1.82) is 0 Å². The molecule has 1 aliphatic carbocycles. The number of carbonyl (C=O) groups excluding carboxylic acids is 1. The predicted octanol–water partition coefficient (Wildman–Crippen LogP) is 1.95. The molecule has 0 atom stereocenters. The van der Waals surface area contributed by atoms with E-state index in [0.717, 1.165) is 12.8 Å². The highest BCUT2D eigenvalue weighted by molar-refractivity contribution is 6.30. The Bertz CT molecular complexity index is 423. The van der Waals surface area contributed by atoms with Crippen molar-refractivity contribution in [2.75, 3.05) is 11.9 Å². The number of anilines is 1. The second kappa shape index (κ2) is 5.31. The van der Waals surface area contributed by atoms with E-state index in [4.69, 9.17) is 11.6 Å². The minimum absolute atomic E-state index is 0.0191. The molecule has 0 radical (unpaired) electrons. The zero-order valence-electron chi connectivity index (χ0n) is 9.17. The van der Waals surface area contributed by atoms with E-state index in [2.05, 4.69) is 15.6 Å². The quantitative estimate of drug-likeness (QED) is 0.848. The van der Waals surface area contributed by atoms with Crippen LogP contribution in [0, 0.1) is 5.82 Å². The lowest BCUT2D eigenvalue weighted by molar-refractivity contribution is -0.120. The summed E-state index contributed by atoms with van der Waals surface area (Å²) in [7, 11) is 0. The van der Waals surface area contributed by atoms with Crippen LogP contribution in [0.2, 0.25) is 5.02 Å². The van der Waals surface area contributed by atoms with E-state index in [-0.39, 0.29) is 16.7 Å². The van der Waals surface area contributed by atoms with Crippen LogP contribution in [0.3, 0.4) is 0 Å². The molecule has 0 aromatic carbocycles. The fourth-order valence-corrected chi connectivity index (χ4v) is 1.51. The maximum atomic E-state index is 13.3. The molecule has 0 aliphatic heterocycles. The highest BCUT2D eigenvalue weighted by Crippen LogP contribution is 2.18. The topological polar surface area (TPSA) is 54.0 Å². The van der Waals surface area contributed by atoms with Crippen LogP contribution in [0.25, 0.3) is 0 Å². The van der Waals surface area contributed by atoms with E-state index in [0.29, 0.717) is 19.0 Å². The van der Waals surface area contributed by atoms with Gasteiger partial charge in [-0.25, -0.2) is 9.37 Å². The minimum Gasteiger partial charge on any atom is -0.367 e. The Morgan fingerprint density at radius 2 is 2.35 bits per heavy atom. The van der Waals surface area contributed by atoms with Gasteiger partial charge >= 0.3 is 0 Å². The molecular formula is C11H13ClFN3O. The van der Waals surface area contributed by atoms with Gasteiger partial charge in [0, 0.05) is 25.2 Å². The Morgan fingerprint density at radius 1 is 1.59 bits per heavy atom. The van der Waals surface area contributed by atoms with Crippen LogP contribution in [0.4, 0.5) is 10.2 Å². The second-order valence-corrected chi connectivity index (χ2v) is 4.44. The standard InChI is InChI=1S/C11H13ClFN3O/c12-7-5-9(13)11(15-6-7)14-4-3-10(17)16-8-1-2-8/h5-6,8H,1-4H2,(H,14,15)(H,16,17). The number of amides is 1. The van der Waals surface area contributed by atoms with Crippen LogP contribution >= 0.6 is 11.6 Å². The molecule has 2 N–H and O–H groups in total. The fourth-order valence-electron chi connectivity index (χ4n) is 1.37. The summed E-state index contributed by atoms with van der Waals surface area (Å²) in [6.07, 6.45) is 3.79. The summed E-state index contributed by atoms with van der Waals surface area (Å²) in [4.78, 5) is 15.1. The van der Waals surface area contributed by atoms with Gasteiger partial charge in [-0.1, -0.05) is 11.6 Å². The third-order valence-corrected chi connectivity index (χ3v) is 2.60. The van der Waals surface area contributed by atoms with E-state index >= 15 is 0 Å². The van der Waals surface area contributed by atoms with Crippen LogP contribution in [0.5, 0.6) is 0 Å². The molecule has 1 fully saturated rings. The smallest absolute Gasteiger partial charge is 0.221 e. The molecule has 2 rings (SSSR count). The second-order valence-electron chi connectivity index (χ2n) is 4.00. The Balaban J connectivity index is 1.75. The molecule has 0 bridgehead atoms. The third kappa shape index (κ3) is 3.85. The number of rotatable bonds is 5. The van der Waals surface area contributed by atoms with Gasteiger partial charge in [0.25, 0.3) is 0 Å². The first-order valence-electron chi connectivity index (χ1n) is 5.49. The Kier molecular flexibility index (Phi) is 3.78. The molecule has 17 heavy (non-hydrogen) atoms. The molecule has 1 saturated carbocycles. The number of carbonyl (C=O) groups is 1. The van der Waals surface area contributed by atoms with Gasteiger partial charge in [0.15, 0.2) is 11.6 Å². The largest absolute Gasteiger partial charge is 0.367 e. The molecule has 4 nitrogen and oxygen atoms in total. The van der Waals surface area contributed by atoms with E-state index < -0.39 is 5.82 Å². The Labute approximate surface area is 104 Å². The Morgan fingerprint density at radius 3 is 3.00 bits per heavy atom. The highest BCUT2D eigenvalue weighted by atomic mass is 35.5. The van der Waals surface area contributed by atoms with Crippen molar-refractivity contribution in [3.05, 3.63) is 23.1 Å². The van der Waals surface area contributed by atoms with Crippen molar-refractivity contribution in [2.24, 2.45) is 0 Å². The van der Waals surface area contributed by atoms with Gasteiger partial charge in [-0.2, -0.15) is 0 Å². The number of nitrogens with one attached hydrogen (secondary N) is 2. The number of hydrogen-bond donors (Lipinski definition) is 2. The van der Waals surface area contributed by atoms with E-state index in [1.54, 1.807) is 0 Å². The van der Waals surface area contributed by atoms with Crippen molar-refractivity contribution in [2.45, 2.75) is 25.3 Å². The van der Waals surface area contributed by atoms with E-state index in [9.17, 15) is 9.18 Å². The van der Waals surface area contributed by atoms with Crippen molar-refractivity contribution < 1.29 is 9.18 Å². The molecule has 6 heteroatoms. The van der Waals surface area contributed by atoms with Crippen LogP contribution in [-0.4, -0.2) is 23.5 Å². The fraction of sp³-hybridized carbons (Fsp3) is 0.455. The lowest BCUT2D eigenvalue weighted by Gasteiger charge is -2.06. The molecule has 1 aromatic rings. The van der Waals surface area contributed by atoms with Gasteiger partial charge < -0.3 is 10.6 Å². The van der Waals surface area contributed by atoms with Crippen LogP contribution in [0.15, 0.2) is 12.3 Å². The summed E-state index contributed by atoms with van der Waals surface area (Å²) in [5.41, 5.74) is 0. The molecule has 1 aliphatic rings. The van der Waals surface area contributed by atoms with Gasteiger partial charge in [0.2, 0.25) is 5.91 Å². The summed E-state index contributed by atoms with van der Waals surface area (Å²) in [6, 6.07) is 1.54. The third-order valence-electron chi connectivity index (χ3n) is 2.39. The molecule has 0 saturated heterocycles. The average molecular weight is 258 g/mol. The van der Waals surface area contributed by atoms with E-state index in [1.165, 1.54) is 12.3 Å². The van der Waals surface area contributed by atoms with Crippen molar-refractivity contribution in [1.82, 2.24) is 10.3 Å². The van der Waals surface area contributed by atoms with Crippen LogP contribution < -0.4 is 10.6 Å². The van der Waals surface area contributed by atoms with Gasteiger partial charge in [-0.3, -0.25) is 4.79 Å². The van der Waals surface area contributed by atoms with Gasteiger partial charge in [-0.15, -0.1) is 0 Å². The van der Waals surface area contributed by atoms with Crippen LogP contribution in [0.1, 0.15) is 19.3 Å². The summed E-state index contributed by atoms with van der Waals surface area (Å²) in [5.74, 6) is -0.414. The average Bonchev–Trinajstić information content (AvgIpc) is 3.05. The maximum Gasteiger partial charge on any atom is 0.221 e. The predicted molar refractivity (Wildman–Crippen MR) is 63.5 cm³/mol. The molecule has 1 heterocycles. The van der Waals surface area contributed by atoms with Crippen molar-refractivity contribution in [3.8, 4) is 0 Å². The van der Waals surface area contributed by atoms with Gasteiger partial charge in [0.1, 0.15) is 0 Å². The van der Waals surface area contributed by atoms with Gasteiger partial charge in [0.05, 0.1) is 5.02 Å². The lowest BCUT2D eigenvalue weighted by atomic mass is 10.3. The molecule has 0 unspecified atom stereocenters. The van der Waals surface area contributed by atoms with Crippen molar-refractivity contribution >= 4 is 23.3 Å². The summed E-state index contributed by atoms with van der Waals surface area (Å²) in [6.45, 7) is 0.351. The number of pyridine rings is 1. The first kappa shape index (κ1) is 12.1. The normalized spacial score (nSPS) is 14.5. The maximum absolute atomic E-state index is 13.3. The van der Waals surface area contributed by atoms with Crippen molar-refractivity contribution in [3.63, 3.8) is 0 Å². The minimum atomic E-state index is -0.514. The molecule has 0 spiro atoms. The highest BCUT2D eigenvalue weighted by Gasteiger charge is 2.22. The van der Waals surface area contributed by atoms with E-state index in [1.807, 2.05) is 0 Å². The zero-order chi connectivity index (χ0) is 12.3. The molecule has 1 aromatic heterocycles. The first-order valence-corrected chi connectivity index (χ1v) is 5.87. The molecule has 1 amide bonds. The SMILES string of the molecule is O=C(CCNc1ncc(Cl)cc1F)NC1CC1. The monoisotopic (exact) mass is 257 g/mol. The number of aromatic nitrogens is 1. The first-order chi connectivity index (χ1) is 8.15. The number of hydrogen-bond acceptors (Lipinski definition) is 3. The van der Waals surface area contributed by atoms with Crippen LogP contribution in [-0.2, 0) is 4.79 Å². The zero-order valence-corrected chi connectivity index (χ0v) is 9.93. The summed E-state index contributed by atoms with van der Waals surface area (Å²) < 4.78 is 13.3. The molecule has 92 valence electrons.